The lowest BCUT2D eigenvalue weighted by molar-refractivity contribution is 0.475. The summed E-state index contributed by atoms with van der Waals surface area (Å²) in [5, 5.41) is 17.8. The van der Waals surface area contributed by atoms with Crippen LogP contribution in [0.3, 0.4) is 0 Å². The van der Waals surface area contributed by atoms with E-state index in [1.807, 2.05) is 13.8 Å². The first-order valence-electron chi connectivity index (χ1n) is 6.93. The Morgan fingerprint density at radius 3 is 2.73 bits per heavy atom. The fraction of sp³-hybridized carbons (Fsp3) is 0.188. The molecule has 0 saturated carbocycles. The molecule has 3 aromatic rings. The highest BCUT2D eigenvalue weighted by atomic mass is 19.1. The Balaban J connectivity index is 2.12. The molecule has 0 saturated heterocycles. The predicted molar refractivity (Wildman–Crippen MR) is 81.5 cm³/mol. The molecular weight excluding hydrogens is 283 g/mol. The van der Waals surface area contributed by atoms with E-state index in [0.717, 1.165) is 5.69 Å². The summed E-state index contributed by atoms with van der Waals surface area (Å²) in [4.78, 5) is 4.48. The highest BCUT2D eigenvalue weighted by Gasteiger charge is 2.15. The number of fused-ring (bicyclic) bond motifs is 1. The lowest BCUT2D eigenvalue weighted by atomic mass is 10.1. The molecule has 0 aliphatic rings. The largest absolute Gasteiger partial charge is 0.508 e. The second-order valence-corrected chi connectivity index (χ2v) is 5.27. The molecule has 2 heterocycles. The van der Waals surface area contributed by atoms with Crippen LogP contribution < -0.4 is 0 Å². The molecule has 112 valence electrons. The summed E-state index contributed by atoms with van der Waals surface area (Å²) < 4.78 is 15.1. The molecule has 0 unspecified atom stereocenters. The van der Waals surface area contributed by atoms with Crippen molar-refractivity contribution in [2.24, 2.45) is 10.2 Å². The molecule has 0 aliphatic heterocycles. The first kappa shape index (κ1) is 14.2. The number of rotatable bonds is 3. The molecule has 0 radical (unpaired) electrons. The van der Waals surface area contributed by atoms with Crippen LogP contribution in [-0.2, 0) is 0 Å². The van der Waals surface area contributed by atoms with Gasteiger partial charge in [-0.3, -0.25) is 4.40 Å². The highest BCUT2D eigenvalue weighted by Crippen LogP contribution is 2.30. The summed E-state index contributed by atoms with van der Waals surface area (Å²) in [5.74, 6) is 0.368. The summed E-state index contributed by atoms with van der Waals surface area (Å²) in [6.45, 7) is 3.98. The van der Waals surface area contributed by atoms with Crippen molar-refractivity contribution >= 4 is 17.2 Å². The quantitative estimate of drug-likeness (QED) is 0.711. The van der Waals surface area contributed by atoms with E-state index in [4.69, 9.17) is 0 Å². The van der Waals surface area contributed by atoms with Crippen molar-refractivity contribution in [3.05, 3.63) is 54.1 Å². The molecular formula is C16H15FN4O. The smallest absolute Gasteiger partial charge is 0.183 e. The van der Waals surface area contributed by atoms with Gasteiger partial charge in [0.1, 0.15) is 17.2 Å². The fourth-order valence-electron chi connectivity index (χ4n) is 2.17. The third-order valence-corrected chi connectivity index (χ3v) is 3.22. The average Bonchev–Trinajstić information content (AvgIpc) is 2.83. The van der Waals surface area contributed by atoms with E-state index in [9.17, 15) is 9.50 Å². The molecule has 0 atom stereocenters. The number of imidazole rings is 1. The van der Waals surface area contributed by atoms with Crippen molar-refractivity contribution in [1.82, 2.24) is 9.38 Å². The maximum atomic E-state index is 13.5. The first-order valence-corrected chi connectivity index (χ1v) is 6.93. The van der Waals surface area contributed by atoms with Crippen LogP contribution in [0.2, 0.25) is 0 Å². The van der Waals surface area contributed by atoms with Crippen molar-refractivity contribution in [3.8, 4) is 5.75 Å². The van der Waals surface area contributed by atoms with Gasteiger partial charge in [-0.1, -0.05) is 19.9 Å². The normalized spacial score (nSPS) is 11.8. The van der Waals surface area contributed by atoms with E-state index in [2.05, 4.69) is 15.2 Å². The van der Waals surface area contributed by atoms with Gasteiger partial charge in [0.2, 0.25) is 0 Å². The van der Waals surface area contributed by atoms with Gasteiger partial charge in [0.15, 0.2) is 5.82 Å². The third kappa shape index (κ3) is 2.67. The van der Waals surface area contributed by atoms with Gasteiger partial charge >= 0.3 is 0 Å². The van der Waals surface area contributed by atoms with Crippen LogP contribution >= 0.6 is 0 Å². The SMILES string of the molecule is CC(C)c1nc2ccc(F)cn2c1N=Nc1cccc(O)c1. The van der Waals surface area contributed by atoms with Gasteiger partial charge in [-0.25, -0.2) is 9.37 Å². The van der Waals surface area contributed by atoms with Crippen LogP contribution in [0.1, 0.15) is 25.5 Å². The highest BCUT2D eigenvalue weighted by molar-refractivity contribution is 5.53. The fourth-order valence-corrected chi connectivity index (χ4v) is 2.17. The Kier molecular flexibility index (Phi) is 3.58. The number of hydrogen-bond donors (Lipinski definition) is 1. The van der Waals surface area contributed by atoms with Crippen molar-refractivity contribution in [3.63, 3.8) is 0 Å². The van der Waals surface area contributed by atoms with Gasteiger partial charge in [0.25, 0.3) is 0 Å². The van der Waals surface area contributed by atoms with Crippen LogP contribution in [0, 0.1) is 5.82 Å². The van der Waals surface area contributed by atoms with Crippen molar-refractivity contribution in [2.45, 2.75) is 19.8 Å². The van der Waals surface area contributed by atoms with E-state index in [-0.39, 0.29) is 17.5 Å². The number of nitrogens with zero attached hydrogens (tertiary/aromatic N) is 4. The number of hydrogen-bond acceptors (Lipinski definition) is 4. The lowest BCUT2D eigenvalue weighted by Crippen LogP contribution is -1.88. The van der Waals surface area contributed by atoms with Gasteiger partial charge in [-0.15, -0.1) is 10.2 Å². The second-order valence-electron chi connectivity index (χ2n) is 5.27. The Morgan fingerprint density at radius 2 is 2.00 bits per heavy atom. The maximum Gasteiger partial charge on any atom is 0.183 e. The molecule has 3 rings (SSSR count). The molecule has 6 heteroatoms. The van der Waals surface area contributed by atoms with Crippen LogP contribution in [0.25, 0.3) is 5.65 Å². The van der Waals surface area contributed by atoms with Crippen molar-refractivity contribution < 1.29 is 9.50 Å². The van der Waals surface area contributed by atoms with Gasteiger partial charge in [-0.05, 0) is 30.2 Å². The first-order chi connectivity index (χ1) is 10.5. The molecule has 0 spiro atoms. The molecule has 0 fully saturated rings. The molecule has 1 N–H and O–H groups in total. The van der Waals surface area contributed by atoms with E-state index < -0.39 is 0 Å². The summed E-state index contributed by atoms with van der Waals surface area (Å²) >= 11 is 0. The minimum atomic E-state index is -0.367. The van der Waals surface area contributed by atoms with Crippen molar-refractivity contribution in [1.29, 1.82) is 0 Å². The number of phenolic OH excluding ortho intramolecular Hbond substituents is 1. The molecule has 1 aromatic carbocycles. The molecule has 0 bridgehead atoms. The summed E-state index contributed by atoms with van der Waals surface area (Å²) in [6.07, 6.45) is 1.34. The van der Waals surface area contributed by atoms with Gasteiger partial charge in [0.05, 0.1) is 11.4 Å². The van der Waals surface area contributed by atoms with Crippen LogP contribution in [0.5, 0.6) is 5.75 Å². The number of aromatic nitrogens is 2. The van der Waals surface area contributed by atoms with E-state index in [1.54, 1.807) is 28.7 Å². The van der Waals surface area contributed by atoms with Crippen molar-refractivity contribution in [2.75, 3.05) is 0 Å². The topological polar surface area (TPSA) is 62.2 Å². The van der Waals surface area contributed by atoms with Gasteiger partial charge < -0.3 is 5.11 Å². The number of aromatic hydroxyl groups is 1. The second kappa shape index (κ2) is 5.55. The zero-order chi connectivity index (χ0) is 15.7. The zero-order valence-electron chi connectivity index (χ0n) is 12.2. The Labute approximate surface area is 126 Å². The molecule has 2 aromatic heterocycles. The lowest BCUT2D eigenvalue weighted by Gasteiger charge is -2.01. The van der Waals surface area contributed by atoms with Gasteiger partial charge in [-0.2, -0.15) is 0 Å². The summed E-state index contributed by atoms with van der Waals surface area (Å²) in [6, 6.07) is 9.44. The number of benzene rings is 1. The number of azo groups is 1. The molecule has 22 heavy (non-hydrogen) atoms. The third-order valence-electron chi connectivity index (χ3n) is 3.22. The minimum absolute atomic E-state index is 0.115. The maximum absolute atomic E-state index is 13.5. The standard InChI is InChI=1S/C16H15FN4O/c1-10(2)15-16(20-19-12-4-3-5-13(22)8-12)21-9-11(17)6-7-14(21)18-15/h3-10,22H,1-2H3. The minimum Gasteiger partial charge on any atom is -0.508 e. The summed E-state index contributed by atoms with van der Waals surface area (Å²) in [7, 11) is 0. The Morgan fingerprint density at radius 1 is 1.18 bits per heavy atom. The number of halogens is 1. The summed E-state index contributed by atoms with van der Waals surface area (Å²) in [5.41, 5.74) is 1.88. The molecule has 5 nitrogen and oxygen atoms in total. The Bertz CT molecular complexity index is 854. The van der Waals surface area contributed by atoms with E-state index >= 15 is 0 Å². The number of pyridine rings is 1. The monoisotopic (exact) mass is 298 g/mol. The number of phenols is 1. The van der Waals surface area contributed by atoms with E-state index in [0.29, 0.717) is 17.2 Å². The van der Waals surface area contributed by atoms with Crippen LogP contribution in [-0.4, -0.2) is 14.5 Å². The van der Waals surface area contributed by atoms with Crippen LogP contribution in [0.15, 0.2) is 52.8 Å². The predicted octanol–water partition coefficient (Wildman–Crippen LogP) is 4.72. The Hall–Kier alpha value is -2.76. The molecule has 0 aliphatic carbocycles. The van der Waals surface area contributed by atoms with Gasteiger partial charge in [0, 0.05) is 12.3 Å². The zero-order valence-corrected chi connectivity index (χ0v) is 12.2. The van der Waals surface area contributed by atoms with Crippen LogP contribution in [0.4, 0.5) is 15.9 Å². The average molecular weight is 298 g/mol. The van der Waals surface area contributed by atoms with E-state index in [1.165, 1.54) is 18.3 Å². The molecule has 0 amide bonds.